The average molecular weight is 232 g/mol. The summed E-state index contributed by atoms with van der Waals surface area (Å²) in [5, 5.41) is 0.0916. The molecule has 0 aromatic rings. The predicted octanol–water partition coefficient (Wildman–Crippen LogP) is 5.44. The molecule has 0 saturated heterocycles. The molecule has 2 radical (unpaired) electrons. The van der Waals surface area contributed by atoms with Crippen LogP contribution in [0.3, 0.4) is 0 Å². The van der Waals surface area contributed by atoms with E-state index in [1.165, 1.54) is 64.2 Å². The van der Waals surface area contributed by atoms with Gasteiger partial charge in [0.05, 0.1) is 7.85 Å². The predicted molar refractivity (Wildman–Crippen MR) is 78.6 cm³/mol. The Morgan fingerprint density at radius 2 is 2.00 bits per heavy atom. The van der Waals surface area contributed by atoms with Crippen LogP contribution in [-0.4, -0.2) is 7.85 Å². The molecular weight excluding hydrogens is 203 g/mol. The third-order valence-electron chi connectivity index (χ3n) is 3.93. The molecule has 17 heavy (non-hydrogen) atoms. The van der Waals surface area contributed by atoms with Crippen molar-refractivity contribution in [2.24, 2.45) is 5.92 Å². The third kappa shape index (κ3) is 6.96. The lowest BCUT2D eigenvalue weighted by Crippen LogP contribution is -2.18. The first kappa shape index (κ1) is 14.9. The van der Waals surface area contributed by atoms with Crippen LogP contribution in [0.1, 0.15) is 78.1 Å². The summed E-state index contributed by atoms with van der Waals surface area (Å²) in [6.45, 7) is 4.48. The minimum Gasteiger partial charge on any atom is -0.0883 e. The first-order valence-corrected chi connectivity index (χ1v) is 7.59. The molecule has 1 rings (SSSR count). The largest absolute Gasteiger partial charge is 0.0883 e. The van der Waals surface area contributed by atoms with Gasteiger partial charge in [0.2, 0.25) is 0 Å². The SMILES string of the molecule is [B]C1(C)CCCC(/C=C/CCCCCCC)C1. The van der Waals surface area contributed by atoms with Gasteiger partial charge in [-0.05, 0) is 31.6 Å². The van der Waals surface area contributed by atoms with E-state index in [0.29, 0.717) is 0 Å². The van der Waals surface area contributed by atoms with Crippen LogP contribution in [0.25, 0.3) is 0 Å². The van der Waals surface area contributed by atoms with Crippen LogP contribution in [0.2, 0.25) is 5.31 Å². The van der Waals surface area contributed by atoms with Crippen LogP contribution in [0.4, 0.5) is 0 Å². The Hall–Kier alpha value is -0.195. The zero-order valence-corrected chi connectivity index (χ0v) is 11.9. The lowest BCUT2D eigenvalue weighted by atomic mass is 9.59. The van der Waals surface area contributed by atoms with Crippen LogP contribution in [-0.2, 0) is 0 Å². The normalized spacial score (nSPS) is 29.9. The third-order valence-corrected chi connectivity index (χ3v) is 3.93. The summed E-state index contributed by atoms with van der Waals surface area (Å²) in [6, 6.07) is 0. The van der Waals surface area contributed by atoms with Crippen molar-refractivity contribution in [3.8, 4) is 0 Å². The van der Waals surface area contributed by atoms with E-state index in [1.54, 1.807) is 0 Å². The summed E-state index contributed by atoms with van der Waals surface area (Å²) < 4.78 is 0. The van der Waals surface area contributed by atoms with Crippen LogP contribution >= 0.6 is 0 Å². The molecule has 1 fully saturated rings. The Bertz CT molecular complexity index is 218. The number of allylic oxidation sites excluding steroid dienone is 2. The van der Waals surface area contributed by atoms with Crippen LogP contribution in [0.15, 0.2) is 12.2 Å². The van der Waals surface area contributed by atoms with Crippen molar-refractivity contribution in [2.75, 3.05) is 0 Å². The minimum atomic E-state index is 0.0916. The second-order valence-corrected chi connectivity index (χ2v) is 6.14. The molecule has 0 aliphatic heterocycles. The minimum absolute atomic E-state index is 0.0916. The van der Waals surface area contributed by atoms with Crippen LogP contribution < -0.4 is 0 Å². The molecule has 1 aliphatic rings. The van der Waals surface area contributed by atoms with Gasteiger partial charge in [0.1, 0.15) is 0 Å². The fourth-order valence-electron chi connectivity index (χ4n) is 2.89. The molecule has 1 saturated carbocycles. The molecule has 0 amide bonds. The molecule has 0 spiro atoms. The molecule has 2 unspecified atom stereocenters. The van der Waals surface area contributed by atoms with Gasteiger partial charge in [0.15, 0.2) is 0 Å². The van der Waals surface area contributed by atoms with Crippen LogP contribution in [0, 0.1) is 5.92 Å². The topological polar surface area (TPSA) is 0 Å². The van der Waals surface area contributed by atoms with E-state index in [-0.39, 0.29) is 5.31 Å². The Morgan fingerprint density at radius 3 is 2.71 bits per heavy atom. The van der Waals surface area contributed by atoms with Crippen molar-refractivity contribution in [3.05, 3.63) is 12.2 Å². The highest BCUT2D eigenvalue weighted by Crippen LogP contribution is 2.42. The molecule has 1 heteroatoms. The highest BCUT2D eigenvalue weighted by atomic mass is 14.3. The van der Waals surface area contributed by atoms with E-state index in [0.717, 1.165) is 5.92 Å². The van der Waals surface area contributed by atoms with Crippen molar-refractivity contribution in [3.63, 3.8) is 0 Å². The number of unbranched alkanes of at least 4 members (excludes halogenated alkanes) is 5. The second kappa shape index (κ2) is 8.00. The quantitative estimate of drug-likeness (QED) is 0.311. The number of hydrogen-bond acceptors (Lipinski definition) is 0. The number of hydrogen-bond donors (Lipinski definition) is 0. The maximum atomic E-state index is 6.22. The summed E-state index contributed by atoms with van der Waals surface area (Å²) in [7, 11) is 6.22. The highest BCUT2D eigenvalue weighted by molar-refractivity contribution is 6.14. The Morgan fingerprint density at radius 1 is 1.24 bits per heavy atom. The molecule has 0 heterocycles. The zero-order chi connectivity index (χ0) is 12.6. The molecule has 96 valence electrons. The van der Waals surface area contributed by atoms with Gasteiger partial charge in [-0.1, -0.05) is 69.8 Å². The lowest BCUT2D eigenvalue weighted by Gasteiger charge is -2.34. The van der Waals surface area contributed by atoms with Crippen molar-refractivity contribution in [2.45, 2.75) is 83.4 Å². The van der Waals surface area contributed by atoms with Gasteiger partial charge >= 0.3 is 0 Å². The molecule has 1 aliphatic carbocycles. The van der Waals surface area contributed by atoms with E-state index in [4.69, 9.17) is 7.85 Å². The standard InChI is InChI=1S/C16H29B/c1-3-4-5-6-7-8-9-11-15-12-10-13-16(2,17)14-15/h9,11,15H,3-8,10,12-14H2,1-2H3/b11-9+. The molecule has 0 aromatic heterocycles. The molecule has 2 atom stereocenters. The summed E-state index contributed by atoms with van der Waals surface area (Å²) in [4.78, 5) is 0. The van der Waals surface area contributed by atoms with Gasteiger partial charge in [0, 0.05) is 0 Å². The van der Waals surface area contributed by atoms with E-state index < -0.39 is 0 Å². The van der Waals surface area contributed by atoms with Gasteiger partial charge < -0.3 is 0 Å². The lowest BCUT2D eigenvalue weighted by molar-refractivity contribution is 0.341. The highest BCUT2D eigenvalue weighted by Gasteiger charge is 2.25. The molecule has 0 aromatic carbocycles. The van der Waals surface area contributed by atoms with Gasteiger partial charge in [-0.2, -0.15) is 0 Å². The monoisotopic (exact) mass is 232 g/mol. The fourth-order valence-corrected chi connectivity index (χ4v) is 2.89. The molecule has 0 N–H and O–H groups in total. The van der Waals surface area contributed by atoms with E-state index in [2.05, 4.69) is 26.0 Å². The van der Waals surface area contributed by atoms with Crippen molar-refractivity contribution in [1.29, 1.82) is 0 Å². The van der Waals surface area contributed by atoms with Crippen molar-refractivity contribution >= 4 is 7.85 Å². The maximum absolute atomic E-state index is 6.22. The summed E-state index contributed by atoms with van der Waals surface area (Å²) in [5.41, 5.74) is 0. The van der Waals surface area contributed by atoms with Crippen molar-refractivity contribution in [1.82, 2.24) is 0 Å². The Kier molecular flexibility index (Phi) is 7.00. The summed E-state index contributed by atoms with van der Waals surface area (Å²) in [6.07, 6.45) is 18.1. The van der Waals surface area contributed by atoms with Crippen LogP contribution in [0.5, 0.6) is 0 Å². The Labute approximate surface area is 110 Å². The Balaban J connectivity index is 2.07. The van der Waals surface area contributed by atoms with Gasteiger partial charge in [-0.3, -0.25) is 0 Å². The van der Waals surface area contributed by atoms with E-state index in [9.17, 15) is 0 Å². The fraction of sp³-hybridized carbons (Fsp3) is 0.875. The van der Waals surface area contributed by atoms with Crippen molar-refractivity contribution < 1.29 is 0 Å². The first-order chi connectivity index (χ1) is 8.14. The average Bonchev–Trinajstić information content (AvgIpc) is 2.27. The molecule has 0 nitrogen and oxygen atoms in total. The van der Waals surface area contributed by atoms with E-state index >= 15 is 0 Å². The zero-order valence-electron chi connectivity index (χ0n) is 11.9. The molecule has 0 bridgehead atoms. The second-order valence-electron chi connectivity index (χ2n) is 6.14. The maximum Gasteiger partial charge on any atom is 0.0742 e. The first-order valence-electron chi connectivity index (χ1n) is 7.59. The van der Waals surface area contributed by atoms with E-state index in [1.807, 2.05) is 0 Å². The van der Waals surface area contributed by atoms with Gasteiger partial charge in [-0.15, -0.1) is 0 Å². The smallest absolute Gasteiger partial charge is 0.0742 e. The van der Waals surface area contributed by atoms with Gasteiger partial charge in [0.25, 0.3) is 0 Å². The van der Waals surface area contributed by atoms with Gasteiger partial charge in [-0.25, -0.2) is 0 Å². The number of rotatable bonds is 7. The molecular formula is C16H29B. The summed E-state index contributed by atoms with van der Waals surface area (Å²) in [5.74, 6) is 0.745. The summed E-state index contributed by atoms with van der Waals surface area (Å²) >= 11 is 0.